The second kappa shape index (κ2) is 11.6. The number of oxazole rings is 1. The van der Waals surface area contributed by atoms with Gasteiger partial charge in [0.25, 0.3) is 0 Å². The fourth-order valence-electron chi connectivity index (χ4n) is 1.36. The van der Waals surface area contributed by atoms with E-state index in [0.717, 1.165) is 11.0 Å². The van der Waals surface area contributed by atoms with Gasteiger partial charge in [-0.3, -0.25) is 0 Å². The molecule has 0 bridgehead atoms. The summed E-state index contributed by atoms with van der Waals surface area (Å²) in [5.41, 5.74) is 0.810. The minimum absolute atomic E-state index is 0.810. The first kappa shape index (κ1) is 17.4. The van der Waals surface area contributed by atoms with Gasteiger partial charge in [-0.25, -0.2) is 15.0 Å². The highest BCUT2D eigenvalue weighted by atomic mass is 16.5. The predicted octanol–water partition coefficient (Wildman–Crippen LogP) is 2.44. The SMILES string of the molecule is c1cnc2ncccc2c1.c1cocn1.c1conn1.c1conn1. The number of rotatable bonds is 0. The minimum atomic E-state index is 0.810. The fraction of sp³-hybridized carbons (Fsp3) is 0. The van der Waals surface area contributed by atoms with Gasteiger partial charge in [0.1, 0.15) is 18.8 Å². The van der Waals surface area contributed by atoms with Crippen LogP contribution in [0, 0.1) is 0 Å². The molecule has 0 aromatic carbocycles. The molecule has 25 heavy (non-hydrogen) atoms. The first-order valence-corrected chi connectivity index (χ1v) is 6.87. The van der Waals surface area contributed by atoms with Crippen LogP contribution >= 0.6 is 0 Å². The number of hydrogen-bond acceptors (Lipinski definition) is 10. The van der Waals surface area contributed by atoms with Crippen LogP contribution in [0.4, 0.5) is 0 Å². The van der Waals surface area contributed by atoms with Gasteiger partial charge in [-0.1, -0.05) is 0 Å². The molecule has 0 aliphatic carbocycles. The molecule has 5 rings (SSSR count). The van der Waals surface area contributed by atoms with Gasteiger partial charge >= 0.3 is 0 Å². The third kappa shape index (κ3) is 7.74. The highest BCUT2D eigenvalue weighted by Gasteiger charge is 1.88. The molecule has 0 radical (unpaired) electrons. The Morgan fingerprint density at radius 2 is 1.32 bits per heavy atom. The molecule has 0 fully saturated rings. The lowest BCUT2D eigenvalue weighted by Crippen LogP contribution is -1.78. The van der Waals surface area contributed by atoms with Crippen LogP contribution in [0.15, 0.2) is 93.9 Å². The average Bonchev–Trinajstić information content (AvgIpc) is 3.49. The van der Waals surface area contributed by atoms with Gasteiger partial charge in [0.05, 0.1) is 18.6 Å². The molecule has 126 valence electrons. The molecule has 0 atom stereocenters. The van der Waals surface area contributed by atoms with Crippen molar-refractivity contribution in [3.05, 3.63) is 80.4 Å². The van der Waals surface area contributed by atoms with Crippen LogP contribution in [0.3, 0.4) is 0 Å². The van der Waals surface area contributed by atoms with Gasteiger partial charge in [-0.2, -0.15) is 0 Å². The Labute approximate surface area is 141 Å². The number of nitrogens with zero attached hydrogens (tertiary/aromatic N) is 7. The molecule has 5 aromatic heterocycles. The maximum atomic E-state index is 4.47. The van der Waals surface area contributed by atoms with Gasteiger partial charge in [-0.15, -0.1) is 10.2 Å². The molecule has 0 saturated heterocycles. The van der Waals surface area contributed by atoms with E-state index in [1.165, 1.54) is 37.6 Å². The first-order valence-electron chi connectivity index (χ1n) is 6.87. The van der Waals surface area contributed by atoms with Crippen LogP contribution in [0.5, 0.6) is 0 Å². The Kier molecular flexibility index (Phi) is 8.07. The van der Waals surface area contributed by atoms with E-state index in [0.29, 0.717) is 0 Å². The maximum Gasteiger partial charge on any atom is 0.180 e. The van der Waals surface area contributed by atoms with Gasteiger partial charge < -0.3 is 13.5 Å². The maximum absolute atomic E-state index is 4.47. The summed E-state index contributed by atoms with van der Waals surface area (Å²) in [6, 6.07) is 7.80. The van der Waals surface area contributed by atoms with Crippen LogP contribution < -0.4 is 0 Å². The smallest absolute Gasteiger partial charge is 0.180 e. The standard InChI is InChI=1S/C8H6N2.C3H3NO.2C2H2N2O/c1-3-7-4-2-6-10-8(7)9-5-1;1-2-5-3-4-1;2*1-2-5-4-3-1/h1-6H;1-3H;2*1-2H. The number of hydrogen-bond donors (Lipinski definition) is 0. The molecule has 0 amide bonds. The van der Waals surface area contributed by atoms with Crippen LogP contribution in [0.25, 0.3) is 11.0 Å². The van der Waals surface area contributed by atoms with E-state index in [9.17, 15) is 0 Å². The molecule has 5 aromatic rings. The first-order chi connectivity index (χ1) is 12.5. The molecule has 10 heteroatoms. The number of fused-ring (bicyclic) bond motifs is 1. The van der Waals surface area contributed by atoms with Gasteiger partial charge in [-0.05, 0) is 24.3 Å². The van der Waals surface area contributed by atoms with Crippen molar-refractivity contribution in [2.24, 2.45) is 0 Å². The summed E-state index contributed by atoms with van der Waals surface area (Å²) in [6.45, 7) is 0. The zero-order chi connectivity index (χ0) is 17.4. The average molecular weight is 339 g/mol. The molecular formula is C15H13N7O3. The van der Waals surface area contributed by atoms with Crippen molar-refractivity contribution in [2.75, 3.05) is 0 Å². The summed E-state index contributed by atoms with van der Waals surface area (Å²) in [5.74, 6) is 0. The summed E-state index contributed by atoms with van der Waals surface area (Å²) in [5, 5.41) is 13.9. The molecular weight excluding hydrogens is 326 g/mol. The van der Waals surface area contributed by atoms with Gasteiger partial charge in [0.2, 0.25) is 0 Å². The van der Waals surface area contributed by atoms with Crippen LogP contribution in [0.2, 0.25) is 0 Å². The Balaban J connectivity index is 0.000000129. The van der Waals surface area contributed by atoms with Crippen molar-refractivity contribution >= 4 is 11.0 Å². The van der Waals surface area contributed by atoms with E-state index in [-0.39, 0.29) is 0 Å². The second-order valence-electron chi connectivity index (χ2n) is 3.90. The van der Waals surface area contributed by atoms with Crippen molar-refractivity contribution in [2.45, 2.75) is 0 Å². The van der Waals surface area contributed by atoms with E-state index in [1.807, 2.05) is 24.3 Å². The van der Waals surface area contributed by atoms with Crippen LogP contribution in [0.1, 0.15) is 0 Å². The Hall–Kier alpha value is -3.95. The van der Waals surface area contributed by atoms with Crippen LogP contribution in [-0.2, 0) is 0 Å². The molecule has 0 spiro atoms. The minimum Gasteiger partial charge on any atom is -0.452 e. The van der Waals surface area contributed by atoms with Gasteiger partial charge in [0, 0.05) is 28.3 Å². The topological polar surface area (TPSA) is 130 Å². The molecule has 0 N–H and O–H groups in total. The van der Waals surface area contributed by atoms with Gasteiger partial charge in [0.15, 0.2) is 12.0 Å². The zero-order valence-electron chi connectivity index (χ0n) is 12.9. The highest BCUT2D eigenvalue weighted by molar-refractivity contribution is 5.73. The summed E-state index contributed by atoms with van der Waals surface area (Å²) < 4.78 is 12.9. The lowest BCUT2D eigenvalue weighted by molar-refractivity contribution is 0.392. The lowest BCUT2D eigenvalue weighted by atomic mass is 10.3. The summed E-state index contributed by atoms with van der Waals surface area (Å²) in [4.78, 5) is 11.7. The van der Waals surface area contributed by atoms with Crippen molar-refractivity contribution in [1.82, 2.24) is 35.7 Å². The quantitative estimate of drug-likeness (QED) is 0.414. The molecule has 0 unspecified atom stereocenters. The normalized spacial score (nSPS) is 8.80. The summed E-state index contributed by atoms with van der Waals surface area (Å²) in [7, 11) is 0. The Morgan fingerprint density at radius 1 is 0.680 bits per heavy atom. The van der Waals surface area contributed by atoms with Crippen molar-refractivity contribution in [1.29, 1.82) is 0 Å². The largest absolute Gasteiger partial charge is 0.452 e. The Bertz CT molecular complexity index is 686. The summed E-state index contributed by atoms with van der Waals surface area (Å²) >= 11 is 0. The zero-order valence-corrected chi connectivity index (χ0v) is 12.9. The summed E-state index contributed by atoms with van der Waals surface area (Å²) in [6.07, 6.45) is 13.7. The lowest BCUT2D eigenvalue weighted by Gasteiger charge is -1.90. The fourth-order valence-corrected chi connectivity index (χ4v) is 1.36. The van der Waals surface area contributed by atoms with E-state index >= 15 is 0 Å². The second-order valence-corrected chi connectivity index (χ2v) is 3.90. The molecule has 5 heterocycles. The van der Waals surface area contributed by atoms with E-state index in [2.05, 4.69) is 49.2 Å². The van der Waals surface area contributed by atoms with Crippen molar-refractivity contribution < 1.29 is 13.5 Å². The van der Waals surface area contributed by atoms with E-state index in [1.54, 1.807) is 18.6 Å². The number of pyridine rings is 2. The highest BCUT2D eigenvalue weighted by Crippen LogP contribution is 2.04. The number of aromatic nitrogens is 7. The van der Waals surface area contributed by atoms with E-state index < -0.39 is 0 Å². The third-order valence-corrected chi connectivity index (χ3v) is 2.29. The van der Waals surface area contributed by atoms with Crippen LogP contribution in [-0.4, -0.2) is 35.7 Å². The molecule has 0 saturated carbocycles. The third-order valence-electron chi connectivity index (χ3n) is 2.29. The van der Waals surface area contributed by atoms with E-state index in [4.69, 9.17) is 0 Å². The van der Waals surface area contributed by atoms with Crippen molar-refractivity contribution in [3.8, 4) is 0 Å². The molecule has 0 aliphatic heterocycles. The predicted molar refractivity (Wildman–Crippen MR) is 84.6 cm³/mol. The Morgan fingerprint density at radius 3 is 1.60 bits per heavy atom. The monoisotopic (exact) mass is 339 g/mol. The van der Waals surface area contributed by atoms with Crippen molar-refractivity contribution in [3.63, 3.8) is 0 Å². The molecule has 0 aliphatic rings. The molecule has 10 nitrogen and oxygen atoms in total.